The van der Waals surface area contributed by atoms with Crippen molar-refractivity contribution >= 4 is 5.69 Å². The minimum Gasteiger partial charge on any atom is -0.496 e. The molecule has 0 radical (unpaired) electrons. The number of anilines is 1. The first-order valence-corrected chi connectivity index (χ1v) is 4.67. The minimum absolute atomic E-state index is 0.0245. The van der Waals surface area contributed by atoms with Gasteiger partial charge in [-0.1, -0.05) is 6.07 Å². The summed E-state index contributed by atoms with van der Waals surface area (Å²) in [6.45, 7) is 1.96. The second-order valence-electron chi connectivity index (χ2n) is 3.58. The van der Waals surface area contributed by atoms with Gasteiger partial charge in [-0.15, -0.1) is 0 Å². The summed E-state index contributed by atoms with van der Waals surface area (Å²) >= 11 is 0. The number of methoxy groups -OCH3 is 1. The lowest BCUT2D eigenvalue weighted by Crippen LogP contribution is -2.16. The van der Waals surface area contributed by atoms with Crippen LogP contribution in [0.25, 0.3) is 0 Å². The van der Waals surface area contributed by atoms with E-state index in [0.29, 0.717) is 0 Å². The second kappa shape index (κ2) is 4.33. The minimum atomic E-state index is -0.0245. The largest absolute Gasteiger partial charge is 0.496 e. The average molecular weight is 194 g/mol. The number of hydrogen-bond acceptors (Lipinski definition) is 3. The summed E-state index contributed by atoms with van der Waals surface area (Å²) < 4.78 is 5.29. The molecule has 0 heterocycles. The summed E-state index contributed by atoms with van der Waals surface area (Å²) in [6.07, 6.45) is 0. The Hall–Kier alpha value is -1.22. The lowest BCUT2D eigenvalue weighted by atomic mass is 10.0. The highest BCUT2D eigenvalue weighted by Crippen LogP contribution is 2.32. The smallest absolute Gasteiger partial charge is 0.125 e. The summed E-state index contributed by atoms with van der Waals surface area (Å²) in [5, 5.41) is 0. The molecular weight excluding hydrogens is 176 g/mol. The van der Waals surface area contributed by atoms with Crippen LogP contribution in [0.15, 0.2) is 18.2 Å². The van der Waals surface area contributed by atoms with Crippen LogP contribution >= 0.6 is 0 Å². The number of rotatable bonds is 3. The van der Waals surface area contributed by atoms with Crippen molar-refractivity contribution in [1.82, 2.24) is 0 Å². The lowest BCUT2D eigenvalue weighted by Gasteiger charge is -2.21. The van der Waals surface area contributed by atoms with E-state index >= 15 is 0 Å². The van der Waals surface area contributed by atoms with Gasteiger partial charge in [0.25, 0.3) is 0 Å². The molecule has 1 rings (SSSR count). The highest BCUT2D eigenvalue weighted by molar-refractivity contribution is 5.59. The number of benzene rings is 1. The fourth-order valence-corrected chi connectivity index (χ4v) is 1.56. The third-order valence-electron chi connectivity index (χ3n) is 2.20. The molecule has 1 atom stereocenters. The zero-order chi connectivity index (χ0) is 10.7. The van der Waals surface area contributed by atoms with Gasteiger partial charge >= 0.3 is 0 Å². The van der Waals surface area contributed by atoms with Crippen LogP contribution in [-0.2, 0) is 0 Å². The molecule has 0 bridgehead atoms. The van der Waals surface area contributed by atoms with Gasteiger partial charge in [0.15, 0.2) is 0 Å². The fourth-order valence-electron chi connectivity index (χ4n) is 1.56. The molecule has 2 N–H and O–H groups in total. The van der Waals surface area contributed by atoms with Gasteiger partial charge < -0.3 is 15.4 Å². The predicted octanol–water partition coefficient (Wildman–Crippen LogP) is 1.78. The Morgan fingerprint density at radius 2 is 2.00 bits per heavy atom. The quantitative estimate of drug-likeness (QED) is 0.797. The van der Waals surface area contributed by atoms with E-state index in [1.54, 1.807) is 7.11 Å². The van der Waals surface area contributed by atoms with E-state index in [0.717, 1.165) is 17.0 Å². The molecule has 3 heteroatoms. The summed E-state index contributed by atoms with van der Waals surface area (Å²) in [5.41, 5.74) is 8.09. The van der Waals surface area contributed by atoms with Crippen molar-refractivity contribution < 1.29 is 4.74 Å². The Morgan fingerprint density at radius 3 is 2.43 bits per heavy atom. The number of ether oxygens (including phenoxy) is 1. The SMILES string of the molecule is COc1cccc(N(C)C)c1[C@@H](C)N. The molecule has 0 fully saturated rings. The normalized spacial score (nSPS) is 12.4. The molecule has 14 heavy (non-hydrogen) atoms. The van der Waals surface area contributed by atoms with Gasteiger partial charge in [-0.2, -0.15) is 0 Å². The molecule has 1 aromatic rings. The van der Waals surface area contributed by atoms with Crippen LogP contribution in [0.1, 0.15) is 18.5 Å². The third-order valence-corrected chi connectivity index (χ3v) is 2.20. The molecule has 3 nitrogen and oxygen atoms in total. The van der Waals surface area contributed by atoms with Crippen molar-refractivity contribution in [2.45, 2.75) is 13.0 Å². The highest BCUT2D eigenvalue weighted by Gasteiger charge is 2.13. The molecule has 1 aromatic carbocycles. The topological polar surface area (TPSA) is 38.5 Å². The highest BCUT2D eigenvalue weighted by atomic mass is 16.5. The number of nitrogens with two attached hydrogens (primary N) is 1. The first-order chi connectivity index (χ1) is 6.57. The van der Waals surface area contributed by atoms with Crippen molar-refractivity contribution in [2.75, 3.05) is 26.1 Å². The van der Waals surface area contributed by atoms with E-state index in [1.807, 2.05) is 44.1 Å². The maximum atomic E-state index is 5.92. The summed E-state index contributed by atoms with van der Waals surface area (Å²) in [5.74, 6) is 0.853. The van der Waals surface area contributed by atoms with E-state index in [4.69, 9.17) is 10.5 Å². The Kier molecular flexibility index (Phi) is 3.36. The maximum absolute atomic E-state index is 5.92. The van der Waals surface area contributed by atoms with E-state index in [9.17, 15) is 0 Å². The summed E-state index contributed by atoms with van der Waals surface area (Å²) in [6, 6.07) is 5.93. The molecule has 0 spiro atoms. The molecule has 0 unspecified atom stereocenters. The Balaban J connectivity index is 3.28. The van der Waals surface area contributed by atoms with Crippen molar-refractivity contribution in [1.29, 1.82) is 0 Å². The molecule has 78 valence electrons. The van der Waals surface area contributed by atoms with Crippen LogP contribution < -0.4 is 15.4 Å². The second-order valence-corrected chi connectivity index (χ2v) is 3.58. The first kappa shape index (κ1) is 10.9. The molecule has 0 aliphatic rings. The van der Waals surface area contributed by atoms with Crippen LogP contribution in [0.2, 0.25) is 0 Å². The van der Waals surface area contributed by atoms with Crippen LogP contribution in [0.4, 0.5) is 5.69 Å². The Labute approximate surface area is 85.5 Å². The monoisotopic (exact) mass is 194 g/mol. The molecule has 0 amide bonds. The molecule has 0 saturated carbocycles. The van der Waals surface area contributed by atoms with Crippen molar-refractivity contribution in [3.8, 4) is 5.75 Å². The van der Waals surface area contributed by atoms with E-state index < -0.39 is 0 Å². The summed E-state index contributed by atoms with van der Waals surface area (Å²) in [7, 11) is 5.67. The van der Waals surface area contributed by atoms with Crippen LogP contribution in [0.3, 0.4) is 0 Å². The van der Waals surface area contributed by atoms with Gasteiger partial charge in [-0.25, -0.2) is 0 Å². The van der Waals surface area contributed by atoms with Gasteiger partial charge in [-0.05, 0) is 19.1 Å². The Morgan fingerprint density at radius 1 is 1.36 bits per heavy atom. The van der Waals surface area contributed by atoms with Gasteiger partial charge in [0.05, 0.1) is 7.11 Å². The van der Waals surface area contributed by atoms with E-state index in [2.05, 4.69) is 0 Å². The molecular formula is C11H18N2O. The standard InChI is InChI=1S/C11H18N2O/c1-8(12)11-9(13(2)3)6-5-7-10(11)14-4/h5-8H,12H2,1-4H3/t8-/m1/s1. The van der Waals surface area contributed by atoms with Crippen molar-refractivity contribution in [3.63, 3.8) is 0 Å². The predicted molar refractivity (Wildman–Crippen MR) is 59.9 cm³/mol. The van der Waals surface area contributed by atoms with Gasteiger partial charge in [0.1, 0.15) is 5.75 Å². The molecule has 0 saturated heterocycles. The summed E-state index contributed by atoms with van der Waals surface area (Å²) in [4.78, 5) is 2.04. The van der Waals surface area contributed by atoms with E-state index in [-0.39, 0.29) is 6.04 Å². The van der Waals surface area contributed by atoms with Crippen molar-refractivity contribution in [2.24, 2.45) is 5.73 Å². The zero-order valence-corrected chi connectivity index (χ0v) is 9.24. The first-order valence-electron chi connectivity index (χ1n) is 4.67. The van der Waals surface area contributed by atoms with Crippen LogP contribution in [0, 0.1) is 0 Å². The van der Waals surface area contributed by atoms with Gasteiger partial charge in [0.2, 0.25) is 0 Å². The number of nitrogens with zero attached hydrogens (tertiary/aromatic N) is 1. The number of hydrogen-bond donors (Lipinski definition) is 1. The Bertz CT molecular complexity index is 308. The average Bonchev–Trinajstić information content (AvgIpc) is 2.16. The van der Waals surface area contributed by atoms with Crippen molar-refractivity contribution in [3.05, 3.63) is 23.8 Å². The van der Waals surface area contributed by atoms with Crippen LogP contribution in [0.5, 0.6) is 5.75 Å². The molecule has 0 aromatic heterocycles. The van der Waals surface area contributed by atoms with E-state index in [1.165, 1.54) is 0 Å². The zero-order valence-electron chi connectivity index (χ0n) is 9.24. The third kappa shape index (κ3) is 1.99. The maximum Gasteiger partial charge on any atom is 0.125 e. The van der Waals surface area contributed by atoms with Crippen LogP contribution in [-0.4, -0.2) is 21.2 Å². The lowest BCUT2D eigenvalue weighted by molar-refractivity contribution is 0.407. The molecule has 0 aliphatic heterocycles. The van der Waals surface area contributed by atoms with Gasteiger partial charge in [0, 0.05) is 31.4 Å². The van der Waals surface area contributed by atoms with Gasteiger partial charge in [-0.3, -0.25) is 0 Å². The fraction of sp³-hybridized carbons (Fsp3) is 0.455. The molecule has 0 aliphatic carbocycles.